The number of hydrogen-bond donors (Lipinski definition) is 2. The highest BCUT2D eigenvalue weighted by Crippen LogP contribution is 2.22. The van der Waals surface area contributed by atoms with Gasteiger partial charge in [0.2, 0.25) is 0 Å². The first-order valence-corrected chi connectivity index (χ1v) is 4.83. The fourth-order valence-corrected chi connectivity index (χ4v) is 1.62. The molecule has 1 unspecified atom stereocenters. The van der Waals surface area contributed by atoms with E-state index >= 15 is 0 Å². The van der Waals surface area contributed by atoms with E-state index in [4.69, 9.17) is 5.11 Å². The summed E-state index contributed by atoms with van der Waals surface area (Å²) in [7, 11) is 0. The zero-order valence-corrected chi connectivity index (χ0v) is 9.04. The minimum atomic E-state index is -0.980. The summed E-state index contributed by atoms with van der Waals surface area (Å²) in [6.45, 7) is 1.73. The number of aliphatic carboxylic acids is 1. The predicted octanol–water partition coefficient (Wildman–Crippen LogP) is 1.11. The number of nitrogens with zero attached hydrogens (tertiary/aromatic N) is 1. The number of nitrogens with one attached hydrogen (secondary N) is 1. The highest BCUT2D eigenvalue weighted by Gasteiger charge is 2.22. The Morgan fingerprint density at radius 3 is 2.93 bits per heavy atom. The number of aromatic nitrogens is 2. The van der Waals surface area contributed by atoms with Gasteiger partial charge in [0.25, 0.3) is 5.56 Å². The monoisotopic (exact) mass is 260 g/mol. The van der Waals surface area contributed by atoms with Crippen molar-refractivity contribution in [2.24, 2.45) is 0 Å². The lowest BCUT2D eigenvalue weighted by molar-refractivity contribution is -0.139. The van der Waals surface area contributed by atoms with Gasteiger partial charge in [-0.05, 0) is 22.4 Å². The molecule has 0 aromatic carbocycles. The van der Waals surface area contributed by atoms with E-state index in [0.717, 1.165) is 0 Å². The van der Waals surface area contributed by atoms with Gasteiger partial charge < -0.3 is 10.1 Å². The molecule has 0 aliphatic carbocycles. The van der Waals surface area contributed by atoms with Crippen molar-refractivity contribution in [2.45, 2.75) is 19.3 Å². The smallest absolute Gasteiger partial charge is 0.312 e. The molecule has 0 aliphatic rings. The van der Waals surface area contributed by atoms with Gasteiger partial charge in [-0.3, -0.25) is 9.59 Å². The largest absolute Gasteiger partial charge is 0.481 e. The normalized spacial score (nSPS) is 12.4. The molecule has 76 valence electrons. The van der Waals surface area contributed by atoms with Crippen LogP contribution in [0, 0.1) is 0 Å². The molecule has 1 aromatic rings. The highest BCUT2D eigenvalue weighted by molar-refractivity contribution is 9.10. The average Bonchev–Trinajstić information content (AvgIpc) is 2.13. The van der Waals surface area contributed by atoms with Gasteiger partial charge in [0.15, 0.2) is 0 Å². The summed E-state index contributed by atoms with van der Waals surface area (Å²) in [6.07, 6.45) is 1.60. The summed E-state index contributed by atoms with van der Waals surface area (Å²) in [5.41, 5.74) is -0.0987. The van der Waals surface area contributed by atoms with Crippen molar-refractivity contribution in [3.05, 3.63) is 26.8 Å². The van der Waals surface area contributed by atoms with Crippen LogP contribution in [0.25, 0.3) is 0 Å². The van der Waals surface area contributed by atoms with Crippen molar-refractivity contribution >= 4 is 21.9 Å². The summed E-state index contributed by atoms with van der Waals surface area (Å²) in [4.78, 5) is 28.2. The Kier molecular flexibility index (Phi) is 3.40. The third-order valence-corrected chi connectivity index (χ3v) is 2.63. The fraction of sp³-hybridized carbons (Fsp3) is 0.375. The highest BCUT2D eigenvalue weighted by atomic mass is 79.9. The van der Waals surface area contributed by atoms with Crippen molar-refractivity contribution in [2.75, 3.05) is 0 Å². The van der Waals surface area contributed by atoms with E-state index in [1.807, 2.05) is 0 Å². The molecule has 1 heterocycles. The Balaban J connectivity index is 3.23. The third-order valence-electron chi connectivity index (χ3n) is 1.86. The molecule has 0 amide bonds. The van der Waals surface area contributed by atoms with Crippen molar-refractivity contribution in [3.63, 3.8) is 0 Å². The van der Waals surface area contributed by atoms with Crippen molar-refractivity contribution in [1.82, 2.24) is 9.97 Å². The first-order valence-electron chi connectivity index (χ1n) is 4.03. The van der Waals surface area contributed by atoms with Crippen LogP contribution in [0.2, 0.25) is 0 Å². The van der Waals surface area contributed by atoms with E-state index in [-0.39, 0.29) is 15.7 Å². The number of rotatable bonds is 3. The standard InChI is InChI=1S/C8H9BrN2O3/c1-2-4(8(13)14)6-5(9)7(12)11-3-10-6/h3-4H,2H2,1H3,(H,13,14)(H,10,11,12). The van der Waals surface area contributed by atoms with Gasteiger partial charge >= 0.3 is 5.97 Å². The van der Waals surface area contributed by atoms with Crippen LogP contribution in [-0.2, 0) is 4.79 Å². The Hall–Kier alpha value is -1.17. The molecule has 0 spiro atoms. The minimum absolute atomic E-state index is 0.189. The van der Waals surface area contributed by atoms with Crippen molar-refractivity contribution in [3.8, 4) is 0 Å². The second kappa shape index (κ2) is 4.36. The number of aromatic amines is 1. The van der Waals surface area contributed by atoms with E-state index in [1.54, 1.807) is 6.92 Å². The molecule has 0 aliphatic heterocycles. The van der Waals surface area contributed by atoms with Crippen LogP contribution < -0.4 is 5.56 Å². The second-order valence-electron chi connectivity index (χ2n) is 2.73. The second-order valence-corrected chi connectivity index (χ2v) is 3.52. The molecule has 2 N–H and O–H groups in total. The number of carboxylic acids is 1. The molecule has 1 atom stereocenters. The lowest BCUT2D eigenvalue weighted by Crippen LogP contribution is -2.18. The van der Waals surface area contributed by atoms with Crippen LogP contribution in [-0.4, -0.2) is 21.0 Å². The topological polar surface area (TPSA) is 83.0 Å². The Labute approximate surface area is 88.3 Å². The third kappa shape index (κ3) is 2.01. The maximum Gasteiger partial charge on any atom is 0.312 e. The van der Waals surface area contributed by atoms with E-state index in [1.165, 1.54) is 6.33 Å². The zero-order valence-electron chi connectivity index (χ0n) is 7.45. The molecular weight excluding hydrogens is 252 g/mol. The van der Waals surface area contributed by atoms with Gasteiger partial charge in [-0.25, -0.2) is 4.98 Å². The van der Waals surface area contributed by atoms with Crippen LogP contribution >= 0.6 is 15.9 Å². The Bertz CT molecular complexity index is 402. The van der Waals surface area contributed by atoms with E-state index in [9.17, 15) is 9.59 Å². The SMILES string of the molecule is CCC(C(=O)O)c1nc[nH]c(=O)c1Br. The number of hydrogen-bond acceptors (Lipinski definition) is 3. The van der Waals surface area contributed by atoms with Gasteiger partial charge in [-0.2, -0.15) is 0 Å². The minimum Gasteiger partial charge on any atom is -0.481 e. The van der Waals surface area contributed by atoms with E-state index in [2.05, 4.69) is 25.9 Å². The fourth-order valence-electron chi connectivity index (χ4n) is 1.12. The Morgan fingerprint density at radius 2 is 2.43 bits per heavy atom. The van der Waals surface area contributed by atoms with Crippen molar-refractivity contribution in [1.29, 1.82) is 0 Å². The Morgan fingerprint density at radius 1 is 1.79 bits per heavy atom. The first kappa shape index (κ1) is 10.9. The molecule has 5 nitrogen and oxygen atoms in total. The van der Waals surface area contributed by atoms with Gasteiger partial charge in [-0.15, -0.1) is 0 Å². The molecule has 1 rings (SSSR count). The molecule has 0 radical (unpaired) electrons. The van der Waals surface area contributed by atoms with Gasteiger partial charge in [0.05, 0.1) is 17.9 Å². The van der Waals surface area contributed by atoms with Crippen LogP contribution in [0.4, 0.5) is 0 Å². The number of carboxylic acid groups (broad SMARTS) is 1. The van der Waals surface area contributed by atoms with Crippen molar-refractivity contribution < 1.29 is 9.90 Å². The summed E-state index contributed by atoms with van der Waals surface area (Å²) < 4.78 is 0.189. The first-order chi connectivity index (χ1) is 6.57. The maximum absolute atomic E-state index is 11.1. The molecule has 0 saturated carbocycles. The molecule has 0 fully saturated rings. The summed E-state index contributed by atoms with van der Waals surface area (Å²) in [5.74, 6) is -1.72. The van der Waals surface area contributed by atoms with Gasteiger partial charge in [0, 0.05) is 0 Å². The zero-order chi connectivity index (χ0) is 10.7. The number of H-pyrrole nitrogens is 1. The molecule has 0 saturated heterocycles. The van der Waals surface area contributed by atoms with Crippen LogP contribution in [0.15, 0.2) is 15.6 Å². The number of carbonyl (C=O) groups is 1. The molecule has 14 heavy (non-hydrogen) atoms. The van der Waals surface area contributed by atoms with Gasteiger partial charge in [0.1, 0.15) is 4.47 Å². The van der Waals surface area contributed by atoms with E-state index in [0.29, 0.717) is 6.42 Å². The predicted molar refractivity (Wildman–Crippen MR) is 53.2 cm³/mol. The van der Waals surface area contributed by atoms with E-state index < -0.39 is 11.9 Å². The van der Waals surface area contributed by atoms with Gasteiger partial charge in [-0.1, -0.05) is 6.92 Å². The molecule has 1 aromatic heterocycles. The summed E-state index contributed by atoms with van der Waals surface area (Å²) in [5, 5.41) is 8.87. The van der Waals surface area contributed by atoms with Crippen LogP contribution in [0.3, 0.4) is 0 Å². The van der Waals surface area contributed by atoms with Crippen LogP contribution in [0.1, 0.15) is 25.0 Å². The molecule has 6 heteroatoms. The number of halogens is 1. The molecule has 0 bridgehead atoms. The summed E-state index contributed by atoms with van der Waals surface area (Å²) in [6, 6.07) is 0. The average molecular weight is 261 g/mol. The van der Waals surface area contributed by atoms with Crippen LogP contribution in [0.5, 0.6) is 0 Å². The quantitative estimate of drug-likeness (QED) is 0.853. The lowest BCUT2D eigenvalue weighted by atomic mass is 10.0. The maximum atomic E-state index is 11.1. The summed E-state index contributed by atoms with van der Waals surface area (Å²) >= 11 is 3.02. The molecular formula is C8H9BrN2O3. The lowest BCUT2D eigenvalue weighted by Gasteiger charge is -2.09.